The number of rotatable bonds is 5. The molecule has 0 atom stereocenters. The molecule has 0 unspecified atom stereocenters. The van der Waals surface area contributed by atoms with Gasteiger partial charge in [0.05, 0.1) is 24.7 Å². The molecule has 2 N–H and O–H groups in total. The standard InChI is InChI=1S/C23H25N5O2S/c24-22-6-3-19(21-5-2-18(31-21)15-27-8-11-29-12-9-27)26-28(22)23(25)14-16-1-4-20-17(13-16)7-10-30-20/h1-6,13,24-25H,7-12,14-15H2. The molecule has 160 valence electrons. The van der Waals surface area contributed by atoms with Gasteiger partial charge in [-0.15, -0.1) is 11.3 Å². The Morgan fingerprint density at radius 3 is 2.81 bits per heavy atom. The number of hydrogen-bond donors (Lipinski definition) is 2. The van der Waals surface area contributed by atoms with Crippen LogP contribution in [0.15, 0.2) is 42.5 Å². The fourth-order valence-corrected chi connectivity index (χ4v) is 4.97. The molecule has 0 bridgehead atoms. The number of benzene rings is 1. The number of aromatic nitrogens is 2. The van der Waals surface area contributed by atoms with Gasteiger partial charge in [0.15, 0.2) is 0 Å². The zero-order chi connectivity index (χ0) is 21.2. The zero-order valence-electron chi connectivity index (χ0n) is 17.3. The van der Waals surface area contributed by atoms with E-state index in [1.165, 1.54) is 15.1 Å². The Bertz CT molecular complexity index is 1160. The molecule has 0 spiro atoms. The number of ether oxygens (including phenoxy) is 2. The molecular weight excluding hydrogens is 410 g/mol. The van der Waals surface area contributed by atoms with E-state index in [1.54, 1.807) is 17.4 Å². The molecule has 5 rings (SSSR count). The molecule has 1 saturated heterocycles. The van der Waals surface area contributed by atoms with Crippen LogP contribution in [0.4, 0.5) is 0 Å². The summed E-state index contributed by atoms with van der Waals surface area (Å²) in [6.07, 6.45) is 1.33. The van der Waals surface area contributed by atoms with E-state index < -0.39 is 0 Å². The zero-order valence-corrected chi connectivity index (χ0v) is 18.1. The van der Waals surface area contributed by atoms with Gasteiger partial charge in [-0.05, 0) is 41.5 Å². The molecule has 3 aromatic rings. The summed E-state index contributed by atoms with van der Waals surface area (Å²) in [6.45, 7) is 5.16. The van der Waals surface area contributed by atoms with Gasteiger partial charge >= 0.3 is 0 Å². The normalized spacial score (nSPS) is 16.1. The third-order valence-corrected chi connectivity index (χ3v) is 6.71. The minimum Gasteiger partial charge on any atom is -0.493 e. The maximum atomic E-state index is 8.57. The minimum atomic E-state index is 0.211. The number of thiophene rings is 1. The minimum absolute atomic E-state index is 0.211. The highest BCUT2D eigenvalue weighted by Crippen LogP contribution is 2.28. The van der Waals surface area contributed by atoms with Crippen LogP contribution in [-0.4, -0.2) is 53.4 Å². The molecule has 7 nitrogen and oxygen atoms in total. The lowest BCUT2D eigenvalue weighted by Crippen LogP contribution is -2.35. The number of hydrogen-bond acceptors (Lipinski definition) is 7. The molecule has 0 saturated carbocycles. The Kier molecular flexibility index (Phi) is 5.67. The first-order valence-corrected chi connectivity index (χ1v) is 11.3. The van der Waals surface area contributed by atoms with Gasteiger partial charge in [0, 0.05) is 37.4 Å². The highest BCUT2D eigenvalue weighted by Gasteiger charge is 2.15. The smallest absolute Gasteiger partial charge is 0.148 e. The average Bonchev–Trinajstić information content (AvgIpc) is 3.44. The average molecular weight is 436 g/mol. The Hall–Kier alpha value is -2.81. The summed E-state index contributed by atoms with van der Waals surface area (Å²) in [5, 5.41) is 21.4. The van der Waals surface area contributed by atoms with Crippen molar-refractivity contribution in [2.45, 2.75) is 19.4 Å². The van der Waals surface area contributed by atoms with Gasteiger partial charge in [0.2, 0.25) is 0 Å². The van der Waals surface area contributed by atoms with Crippen LogP contribution < -0.4 is 10.2 Å². The SMILES string of the molecule is N=C(Cc1ccc2c(c1)CCO2)n1nc(-c2ccc(CN3CCOCC3)s2)ccc1=N. The quantitative estimate of drug-likeness (QED) is 0.477. The number of morpholine rings is 1. The Balaban J connectivity index is 1.33. The van der Waals surface area contributed by atoms with Crippen molar-refractivity contribution in [1.82, 2.24) is 14.7 Å². The molecule has 0 radical (unpaired) electrons. The highest BCUT2D eigenvalue weighted by molar-refractivity contribution is 7.15. The summed E-state index contributed by atoms with van der Waals surface area (Å²) in [4.78, 5) is 4.74. The summed E-state index contributed by atoms with van der Waals surface area (Å²) < 4.78 is 12.4. The van der Waals surface area contributed by atoms with Crippen LogP contribution in [0.2, 0.25) is 0 Å². The van der Waals surface area contributed by atoms with E-state index in [0.29, 0.717) is 6.42 Å². The Labute approximate surface area is 184 Å². The van der Waals surface area contributed by atoms with Crippen molar-refractivity contribution in [3.05, 3.63) is 64.0 Å². The first-order chi connectivity index (χ1) is 15.2. The van der Waals surface area contributed by atoms with Crippen LogP contribution in [0.5, 0.6) is 5.75 Å². The van der Waals surface area contributed by atoms with E-state index in [9.17, 15) is 0 Å². The molecule has 8 heteroatoms. The molecular formula is C23H25N5O2S. The monoisotopic (exact) mass is 435 g/mol. The van der Waals surface area contributed by atoms with Gasteiger partial charge < -0.3 is 9.47 Å². The van der Waals surface area contributed by atoms with E-state index in [2.05, 4.69) is 28.2 Å². The predicted octanol–water partition coefficient (Wildman–Crippen LogP) is 2.93. The molecule has 1 aromatic carbocycles. The Morgan fingerprint density at radius 1 is 1.06 bits per heavy atom. The van der Waals surface area contributed by atoms with E-state index >= 15 is 0 Å². The fraction of sp³-hybridized carbons (Fsp3) is 0.348. The van der Waals surface area contributed by atoms with Crippen molar-refractivity contribution in [2.24, 2.45) is 0 Å². The largest absolute Gasteiger partial charge is 0.493 e. The molecule has 2 aromatic heterocycles. The van der Waals surface area contributed by atoms with E-state index in [1.807, 2.05) is 18.2 Å². The summed E-state index contributed by atoms with van der Waals surface area (Å²) in [5.41, 5.74) is 3.23. The van der Waals surface area contributed by atoms with Crippen LogP contribution >= 0.6 is 11.3 Å². The molecule has 4 heterocycles. The lowest BCUT2D eigenvalue weighted by Gasteiger charge is -2.25. The maximum Gasteiger partial charge on any atom is 0.148 e. The number of nitrogens with one attached hydrogen (secondary N) is 2. The van der Waals surface area contributed by atoms with Crippen LogP contribution in [0.1, 0.15) is 16.0 Å². The first kappa shape index (κ1) is 20.1. The van der Waals surface area contributed by atoms with Crippen LogP contribution in [-0.2, 0) is 24.1 Å². The van der Waals surface area contributed by atoms with Crippen molar-refractivity contribution >= 4 is 17.2 Å². The maximum absolute atomic E-state index is 8.57. The number of fused-ring (bicyclic) bond motifs is 1. The molecule has 0 amide bonds. The van der Waals surface area contributed by atoms with Gasteiger partial charge in [-0.3, -0.25) is 15.7 Å². The summed E-state index contributed by atoms with van der Waals surface area (Å²) >= 11 is 1.72. The molecule has 2 aliphatic rings. The van der Waals surface area contributed by atoms with E-state index in [-0.39, 0.29) is 11.3 Å². The van der Waals surface area contributed by atoms with E-state index in [4.69, 9.17) is 20.3 Å². The van der Waals surface area contributed by atoms with Crippen molar-refractivity contribution in [1.29, 1.82) is 10.8 Å². The van der Waals surface area contributed by atoms with Crippen LogP contribution in [0.3, 0.4) is 0 Å². The van der Waals surface area contributed by atoms with Crippen molar-refractivity contribution < 1.29 is 9.47 Å². The molecule has 2 aliphatic heterocycles. The van der Waals surface area contributed by atoms with Crippen LogP contribution in [0, 0.1) is 10.8 Å². The third-order valence-electron chi connectivity index (χ3n) is 5.61. The second kappa shape index (κ2) is 8.74. The summed E-state index contributed by atoms with van der Waals surface area (Å²) in [6, 6.07) is 13.9. The molecule has 1 fully saturated rings. The lowest BCUT2D eigenvalue weighted by atomic mass is 10.1. The number of nitrogens with zero attached hydrogens (tertiary/aromatic N) is 3. The summed E-state index contributed by atoms with van der Waals surface area (Å²) in [5.74, 6) is 1.23. The predicted molar refractivity (Wildman–Crippen MR) is 120 cm³/mol. The first-order valence-electron chi connectivity index (χ1n) is 10.5. The third kappa shape index (κ3) is 4.46. The van der Waals surface area contributed by atoms with Crippen molar-refractivity contribution in [2.75, 3.05) is 32.9 Å². The van der Waals surface area contributed by atoms with Gasteiger partial charge in [-0.2, -0.15) is 5.10 Å². The van der Waals surface area contributed by atoms with Crippen molar-refractivity contribution in [3.63, 3.8) is 0 Å². The fourth-order valence-electron chi connectivity index (χ4n) is 3.96. The van der Waals surface area contributed by atoms with Crippen LogP contribution in [0.25, 0.3) is 10.6 Å². The molecule has 0 aliphatic carbocycles. The Morgan fingerprint density at radius 2 is 1.94 bits per heavy atom. The second-order valence-corrected chi connectivity index (χ2v) is 9.00. The van der Waals surface area contributed by atoms with Gasteiger partial charge in [-0.25, -0.2) is 4.68 Å². The summed E-state index contributed by atoms with van der Waals surface area (Å²) in [7, 11) is 0. The van der Waals surface area contributed by atoms with E-state index in [0.717, 1.165) is 67.8 Å². The van der Waals surface area contributed by atoms with Crippen molar-refractivity contribution in [3.8, 4) is 16.3 Å². The van der Waals surface area contributed by atoms with Gasteiger partial charge in [0.25, 0.3) is 0 Å². The second-order valence-electron chi connectivity index (χ2n) is 7.83. The molecule has 31 heavy (non-hydrogen) atoms. The lowest BCUT2D eigenvalue weighted by molar-refractivity contribution is 0.0346. The highest BCUT2D eigenvalue weighted by atomic mass is 32.1. The topological polar surface area (TPSA) is 87.2 Å². The van der Waals surface area contributed by atoms with Gasteiger partial charge in [0.1, 0.15) is 22.8 Å². The van der Waals surface area contributed by atoms with Gasteiger partial charge in [-0.1, -0.05) is 12.1 Å².